The lowest BCUT2D eigenvalue weighted by Crippen LogP contribution is -2.08. The van der Waals surface area contributed by atoms with Crippen molar-refractivity contribution in [1.82, 2.24) is 0 Å². The van der Waals surface area contributed by atoms with Crippen LogP contribution in [0.2, 0.25) is 0 Å². The van der Waals surface area contributed by atoms with E-state index in [2.05, 4.69) is 6.92 Å². The van der Waals surface area contributed by atoms with Crippen molar-refractivity contribution < 1.29 is 18.7 Å². The molecule has 0 aliphatic carbocycles. The van der Waals surface area contributed by atoms with Gasteiger partial charge in [0.1, 0.15) is 0 Å². The van der Waals surface area contributed by atoms with Crippen LogP contribution in [0.4, 0.5) is 0 Å². The van der Waals surface area contributed by atoms with Crippen LogP contribution in [0, 0.1) is 6.92 Å². The Balaban J connectivity index is 2.14. The molecule has 4 heteroatoms. The fourth-order valence-corrected chi connectivity index (χ4v) is 1.50. The minimum absolute atomic E-state index is 0.302. The van der Waals surface area contributed by atoms with Gasteiger partial charge in [0, 0.05) is 5.56 Å². The van der Waals surface area contributed by atoms with E-state index in [1.807, 2.05) is 6.92 Å². The van der Waals surface area contributed by atoms with Crippen molar-refractivity contribution in [2.24, 2.45) is 0 Å². The predicted octanol–water partition coefficient (Wildman–Crippen LogP) is 3.29. The van der Waals surface area contributed by atoms with Crippen LogP contribution in [0.3, 0.4) is 0 Å². The molecule has 2 aromatic rings. The van der Waals surface area contributed by atoms with Crippen molar-refractivity contribution in [3.05, 3.63) is 23.3 Å². The number of ether oxygens (including phenoxy) is 1. The van der Waals surface area contributed by atoms with E-state index in [9.17, 15) is 4.79 Å². The van der Waals surface area contributed by atoms with Crippen molar-refractivity contribution in [2.75, 3.05) is 6.61 Å². The highest BCUT2D eigenvalue weighted by Gasteiger charge is 2.17. The van der Waals surface area contributed by atoms with Crippen molar-refractivity contribution in [3.63, 3.8) is 0 Å². The average molecular weight is 222 g/mol. The molecule has 0 fully saturated rings. The molecule has 0 saturated heterocycles. The van der Waals surface area contributed by atoms with E-state index >= 15 is 0 Å². The molecule has 0 radical (unpaired) electrons. The SMILES string of the molecule is CCCCOC(=O)c1ccc2ooc2c1C. The van der Waals surface area contributed by atoms with Gasteiger partial charge in [0.25, 0.3) is 0 Å². The first-order valence-electron chi connectivity index (χ1n) is 5.39. The maximum absolute atomic E-state index is 11.7. The number of aryl methyl sites for hydroxylation is 1. The molecule has 0 N–H and O–H groups in total. The molecule has 2 rings (SSSR count). The van der Waals surface area contributed by atoms with Crippen LogP contribution in [0.5, 0.6) is 0 Å². The first-order chi connectivity index (χ1) is 7.74. The van der Waals surface area contributed by atoms with Gasteiger partial charge in [-0.05, 0) is 25.5 Å². The zero-order valence-electron chi connectivity index (χ0n) is 9.41. The fraction of sp³-hybridized carbons (Fsp3) is 0.417. The largest absolute Gasteiger partial charge is 0.462 e. The third-order valence-corrected chi connectivity index (χ3v) is 2.54. The molecule has 0 spiro atoms. The summed E-state index contributed by atoms with van der Waals surface area (Å²) in [4.78, 5) is 11.7. The number of carbonyl (C=O) groups is 1. The Morgan fingerprint density at radius 1 is 1.38 bits per heavy atom. The molecule has 1 aromatic carbocycles. The van der Waals surface area contributed by atoms with Crippen molar-refractivity contribution in [1.29, 1.82) is 0 Å². The minimum Gasteiger partial charge on any atom is -0.462 e. The molecule has 0 aliphatic rings. The van der Waals surface area contributed by atoms with Crippen molar-refractivity contribution in [2.45, 2.75) is 26.7 Å². The molecular formula is C12H14O4. The van der Waals surface area contributed by atoms with Gasteiger partial charge in [-0.3, -0.25) is 9.15 Å². The Kier molecular flexibility index (Phi) is 2.99. The van der Waals surface area contributed by atoms with E-state index in [0.29, 0.717) is 23.3 Å². The minimum atomic E-state index is -0.302. The molecule has 0 aliphatic heterocycles. The summed E-state index contributed by atoms with van der Waals surface area (Å²) in [5.74, 6) is -0.302. The van der Waals surface area contributed by atoms with E-state index in [1.54, 1.807) is 12.1 Å². The van der Waals surface area contributed by atoms with E-state index < -0.39 is 0 Å². The number of rotatable bonds is 4. The van der Waals surface area contributed by atoms with Gasteiger partial charge in [-0.15, -0.1) is 0 Å². The highest BCUT2D eigenvalue weighted by atomic mass is 17.0. The van der Waals surface area contributed by atoms with Gasteiger partial charge in [-0.25, -0.2) is 4.79 Å². The summed E-state index contributed by atoms with van der Waals surface area (Å²) in [6, 6.07) is 3.41. The monoisotopic (exact) mass is 222 g/mol. The van der Waals surface area contributed by atoms with Gasteiger partial charge >= 0.3 is 5.97 Å². The highest BCUT2D eigenvalue weighted by Crippen LogP contribution is 2.25. The summed E-state index contributed by atoms with van der Waals surface area (Å²) in [6.45, 7) is 4.33. The summed E-state index contributed by atoms with van der Waals surface area (Å²) in [7, 11) is 0. The summed E-state index contributed by atoms with van der Waals surface area (Å²) in [6.07, 6.45) is 1.89. The van der Waals surface area contributed by atoms with Crippen LogP contribution in [-0.2, 0) is 4.74 Å². The topological polar surface area (TPSA) is 52.6 Å². The Hall–Kier alpha value is -1.71. The zero-order chi connectivity index (χ0) is 11.5. The molecule has 16 heavy (non-hydrogen) atoms. The van der Waals surface area contributed by atoms with Crippen LogP contribution in [-0.4, -0.2) is 12.6 Å². The lowest BCUT2D eigenvalue weighted by atomic mass is 10.1. The molecule has 86 valence electrons. The predicted molar refractivity (Wildman–Crippen MR) is 58.4 cm³/mol. The number of hydrogen-bond acceptors (Lipinski definition) is 4. The molecule has 0 bridgehead atoms. The number of fused-ring (bicyclic) bond motifs is 1. The third kappa shape index (κ3) is 1.83. The molecule has 1 heterocycles. The first-order valence-corrected chi connectivity index (χ1v) is 5.39. The Morgan fingerprint density at radius 3 is 2.81 bits per heavy atom. The molecule has 4 nitrogen and oxygen atoms in total. The van der Waals surface area contributed by atoms with Gasteiger partial charge < -0.3 is 4.74 Å². The van der Waals surface area contributed by atoms with Gasteiger partial charge in [-0.1, -0.05) is 13.3 Å². The second-order valence-corrected chi connectivity index (χ2v) is 3.72. The Morgan fingerprint density at radius 2 is 2.19 bits per heavy atom. The molecule has 1 aromatic heterocycles. The quantitative estimate of drug-likeness (QED) is 0.452. The summed E-state index contributed by atoms with van der Waals surface area (Å²) < 4.78 is 14.7. The van der Waals surface area contributed by atoms with Crippen LogP contribution < -0.4 is 0 Å². The number of hydrogen-bond donors (Lipinski definition) is 0. The van der Waals surface area contributed by atoms with E-state index in [1.165, 1.54) is 0 Å². The van der Waals surface area contributed by atoms with Crippen molar-refractivity contribution >= 4 is 17.1 Å². The first kappa shape index (κ1) is 10.8. The van der Waals surface area contributed by atoms with Crippen molar-refractivity contribution in [3.8, 4) is 0 Å². The second-order valence-electron chi connectivity index (χ2n) is 3.72. The average Bonchev–Trinajstić information content (AvgIpc) is 2.21. The smallest absolute Gasteiger partial charge is 0.338 e. The molecule has 0 saturated carbocycles. The maximum Gasteiger partial charge on any atom is 0.338 e. The maximum atomic E-state index is 11.7. The molecule has 0 unspecified atom stereocenters. The van der Waals surface area contributed by atoms with Gasteiger partial charge in [0.2, 0.25) is 11.2 Å². The number of carbonyl (C=O) groups excluding carboxylic acids is 1. The lowest BCUT2D eigenvalue weighted by molar-refractivity contribution is 0.0488. The number of benzene rings is 1. The second kappa shape index (κ2) is 4.43. The molecular weight excluding hydrogens is 208 g/mol. The summed E-state index contributed by atoms with van der Waals surface area (Å²) in [5.41, 5.74) is 2.61. The summed E-state index contributed by atoms with van der Waals surface area (Å²) in [5, 5.41) is 0. The van der Waals surface area contributed by atoms with Gasteiger partial charge in [-0.2, -0.15) is 0 Å². The summed E-state index contributed by atoms with van der Waals surface area (Å²) >= 11 is 0. The lowest BCUT2D eigenvalue weighted by Gasteiger charge is -2.08. The number of esters is 1. The van der Waals surface area contributed by atoms with E-state index in [0.717, 1.165) is 18.4 Å². The van der Waals surface area contributed by atoms with Crippen LogP contribution in [0.25, 0.3) is 11.2 Å². The van der Waals surface area contributed by atoms with Gasteiger partial charge in [0.05, 0.1) is 12.2 Å². The highest BCUT2D eigenvalue weighted by molar-refractivity contribution is 5.95. The van der Waals surface area contributed by atoms with Gasteiger partial charge in [0.15, 0.2) is 0 Å². The standard InChI is InChI=1S/C12H14O4/c1-3-4-7-14-12(13)9-5-6-10-11(8(9)2)16-15-10/h5-6H,3-4,7H2,1-2H3. The molecule has 0 amide bonds. The normalized spacial score (nSPS) is 10.9. The van der Waals surface area contributed by atoms with Crippen LogP contribution in [0.1, 0.15) is 35.7 Å². The Labute approximate surface area is 93.1 Å². The van der Waals surface area contributed by atoms with Crippen LogP contribution >= 0.6 is 0 Å². The zero-order valence-corrected chi connectivity index (χ0v) is 9.41. The van der Waals surface area contributed by atoms with E-state index in [4.69, 9.17) is 13.9 Å². The number of unbranched alkanes of at least 4 members (excludes halogenated alkanes) is 1. The fourth-order valence-electron chi connectivity index (χ4n) is 1.50. The molecule has 0 atom stereocenters. The van der Waals surface area contributed by atoms with E-state index in [-0.39, 0.29) is 5.97 Å². The third-order valence-electron chi connectivity index (χ3n) is 2.54. The van der Waals surface area contributed by atoms with Crippen LogP contribution in [0.15, 0.2) is 21.3 Å². The Bertz CT molecular complexity index is 492.